The van der Waals surface area contributed by atoms with Crippen molar-refractivity contribution in [3.8, 4) is 5.75 Å². The van der Waals surface area contributed by atoms with Crippen LogP contribution in [0, 0.1) is 5.82 Å². The first kappa shape index (κ1) is 20.1. The van der Waals surface area contributed by atoms with Crippen LogP contribution in [0.25, 0.3) is 0 Å². The van der Waals surface area contributed by atoms with Crippen molar-refractivity contribution in [2.45, 2.75) is 38.1 Å². The van der Waals surface area contributed by atoms with Crippen LogP contribution >= 0.6 is 0 Å². The predicted octanol–water partition coefficient (Wildman–Crippen LogP) is 2.61. The van der Waals surface area contributed by atoms with Crippen molar-refractivity contribution < 1.29 is 13.9 Å². The molecule has 0 aromatic heterocycles. The molecule has 0 aliphatic carbocycles. The van der Waals surface area contributed by atoms with Gasteiger partial charge in [0.1, 0.15) is 11.6 Å². The van der Waals surface area contributed by atoms with Crippen LogP contribution in [0.2, 0.25) is 0 Å². The van der Waals surface area contributed by atoms with Crippen LogP contribution in [0.15, 0.2) is 24.3 Å². The highest BCUT2D eigenvalue weighted by molar-refractivity contribution is 5.76. The van der Waals surface area contributed by atoms with Crippen molar-refractivity contribution in [1.82, 2.24) is 14.7 Å². The number of carbonyl (C=O) groups is 1. The standard InChI is InChI=1S/C21H32FN3O2/c1-3-25-13-11-21(10-9-20(25)26)17-24(15-14-23(21)2)12-4-16-27-19-7-5-18(22)6-8-19/h5-8H,3-4,9-17H2,1-2H3/t21-/m1/s1. The number of piperazine rings is 1. The van der Waals surface area contributed by atoms with Crippen molar-refractivity contribution in [3.63, 3.8) is 0 Å². The molecule has 1 spiro atoms. The van der Waals surface area contributed by atoms with Crippen molar-refractivity contribution >= 4 is 5.91 Å². The van der Waals surface area contributed by atoms with E-state index < -0.39 is 0 Å². The van der Waals surface area contributed by atoms with Crippen LogP contribution < -0.4 is 4.74 Å². The Morgan fingerprint density at radius 2 is 1.93 bits per heavy atom. The summed E-state index contributed by atoms with van der Waals surface area (Å²) in [6.07, 6.45) is 3.59. The molecule has 2 saturated heterocycles. The van der Waals surface area contributed by atoms with Gasteiger partial charge in [0, 0.05) is 51.2 Å². The van der Waals surface area contributed by atoms with E-state index in [-0.39, 0.29) is 11.4 Å². The first-order valence-corrected chi connectivity index (χ1v) is 10.1. The Bertz CT molecular complexity index is 624. The molecule has 2 aliphatic heterocycles. The van der Waals surface area contributed by atoms with Gasteiger partial charge in [-0.05, 0) is 57.5 Å². The maximum Gasteiger partial charge on any atom is 0.222 e. The molecular formula is C21H32FN3O2. The fourth-order valence-electron chi connectivity index (χ4n) is 4.31. The number of benzene rings is 1. The lowest BCUT2D eigenvalue weighted by molar-refractivity contribution is -0.130. The van der Waals surface area contributed by atoms with Gasteiger partial charge in [-0.1, -0.05) is 0 Å². The van der Waals surface area contributed by atoms with E-state index >= 15 is 0 Å². The first-order chi connectivity index (χ1) is 13.0. The maximum atomic E-state index is 12.9. The fraction of sp³-hybridized carbons (Fsp3) is 0.667. The molecule has 2 aliphatic rings. The predicted molar refractivity (Wildman–Crippen MR) is 104 cm³/mol. The normalized spacial score (nSPS) is 25.0. The number of hydrogen-bond donors (Lipinski definition) is 0. The summed E-state index contributed by atoms with van der Waals surface area (Å²) in [6, 6.07) is 6.18. The molecule has 0 radical (unpaired) electrons. The van der Waals surface area contributed by atoms with Gasteiger partial charge in [0.05, 0.1) is 6.61 Å². The van der Waals surface area contributed by atoms with E-state index in [9.17, 15) is 9.18 Å². The van der Waals surface area contributed by atoms with Gasteiger partial charge in [0.2, 0.25) is 5.91 Å². The topological polar surface area (TPSA) is 36.0 Å². The molecule has 2 fully saturated rings. The molecule has 0 bridgehead atoms. The zero-order valence-electron chi connectivity index (χ0n) is 16.6. The van der Waals surface area contributed by atoms with Crippen LogP contribution in [0.5, 0.6) is 5.75 Å². The quantitative estimate of drug-likeness (QED) is 0.714. The lowest BCUT2D eigenvalue weighted by Crippen LogP contribution is -2.61. The maximum absolute atomic E-state index is 12.9. The van der Waals surface area contributed by atoms with Crippen LogP contribution in [0.1, 0.15) is 32.6 Å². The fourth-order valence-corrected chi connectivity index (χ4v) is 4.31. The van der Waals surface area contributed by atoms with E-state index in [0.29, 0.717) is 24.7 Å². The zero-order chi connectivity index (χ0) is 19.3. The van der Waals surface area contributed by atoms with E-state index in [4.69, 9.17) is 4.74 Å². The second-order valence-corrected chi connectivity index (χ2v) is 7.80. The van der Waals surface area contributed by atoms with Gasteiger partial charge < -0.3 is 14.5 Å². The number of amides is 1. The number of rotatable bonds is 6. The molecule has 27 heavy (non-hydrogen) atoms. The number of nitrogens with zero attached hydrogens (tertiary/aromatic N) is 3. The number of ether oxygens (including phenoxy) is 1. The molecule has 1 aromatic carbocycles. The van der Waals surface area contributed by atoms with Crippen LogP contribution in [0.3, 0.4) is 0 Å². The van der Waals surface area contributed by atoms with Gasteiger partial charge in [-0.2, -0.15) is 0 Å². The molecule has 6 heteroatoms. The first-order valence-electron chi connectivity index (χ1n) is 10.1. The minimum atomic E-state index is -0.242. The minimum Gasteiger partial charge on any atom is -0.494 e. The van der Waals surface area contributed by atoms with Gasteiger partial charge in [-0.3, -0.25) is 9.69 Å². The van der Waals surface area contributed by atoms with Crippen LogP contribution in [0.4, 0.5) is 4.39 Å². The Labute approximate surface area is 162 Å². The molecule has 0 saturated carbocycles. The Morgan fingerprint density at radius 3 is 2.67 bits per heavy atom. The molecule has 2 heterocycles. The van der Waals surface area contributed by atoms with E-state index in [0.717, 1.165) is 58.5 Å². The van der Waals surface area contributed by atoms with Gasteiger partial charge in [0.15, 0.2) is 0 Å². The molecule has 5 nitrogen and oxygen atoms in total. The largest absolute Gasteiger partial charge is 0.494 e. The highest BCUT2D eigenvalue weighted by Crippen LogP contribution is 2.32. The van der Waals surface area contributed by atoms with Gasteiger partial charge in [-0.25, -0.2) is 4.39 Å². The summed E-state index contributed by atoms with van der Waals surface area (Å²) >= 11 is 0. The molecule has 1 amide bonds. The van der Waals surface area contributed by atoms with Gasteiger partial charge in [-0.15, -0.1) is 0 Å². The number of carbonyl (C=O) groups excluding carboxylic acids is 1. The third-order valence-electron chi connectivity index (χ3n) is 6.17. The molecule has 3 rings (SSSR count). The van der Waals surface area contributed by atoms with E-state index in [1.54, 1.807) is 12.1 Å². The molecule has 0 N–H and O–H groups in total. The van der Waals surface area contributed by atoms with Crippen molar-refractivity contribution in [2.24, 2.45) is 0 Å². The average molecular weight is 378 g/mol. The van der Waals surface area contributed by atoms with E-state index in [1.165, 1.54) is 12.1 Å². The Morgan fingerprint density at radius 1 is 1.15 bits per heavy atom. The summed E-state index contributed by atoms with van der Waals surface area (Å²) < 4.78 is 18.7. The lowest BCUT2D eigenvalue weighted by atomic mass is 9.86. The molecule has 0 unspecified atom stereocenters. The number of likely N-dealkylation sites (tertiary alicyclic amines) is 1. The van der Waals surface area contributed by atoms with E-state index in [1.807, 2.05) is 4.90 Å². The Kier molecular flexibility index (Phi) is 6.71. The van der Waals surface area contributed by atoms with E-state index in [2.05, 4.69) is 23.8 Å². The summed E-state index contributed by atoms with van der Waals surface area (Å²) in [6.45, 7) is 8.47. The third-order valence-corrected chi connectivity index (χ3v) is 6.17. The Balaban J connectivity index is 1.49. The van der Waals surface area contributed by atoms with Crippen LogP contribution in [-0.4, -0.2) is 79.1 Å². The lowest BCUT2D eigenvalue weighted by Gasteiger charge is -2.49. The summed E-state index contributed by atoms with van der Waals surface area (Å²) in [5, 5.41) is 0. The molecular weight excluding hydrogens is 345 g/mol. The minimum absolute atomic E-state index is 0.107. The summed E-state index contributed by atoms with van der Waals surface area (Å²) in [4.78, 5) is 19.3. The monoisotopic (exact) mass is 377 g/mol. The molecule has 1 atom stereocenters. The molecule has 1 aromatic rings. The highest BCUT2D eigenvalue weighted by atomic mass is 19.1. The summed E-state index contributed by atoms with van der Waals surface area (Å²) in [7, 11) is 2.21. The number of hydrogen-bond acceptors (Lipinski definition) is 4. The third kappa shape index (κ3) is 4.99. The molecule has 150 valence electrons. The summed E-state index contributed by atoms with van der Waals surface area (Å²) in [5.41, 5.74) is 0.107. The Hall–Kier alpha value is -1.66. The van der Waals surface area contributed by atoms with Gasteiger partial charge >= 0.3 is 0 Å². The second kappa shape index (κ2) is 9.02. The second-order valence-electron chi connectivity index (χ2n) is 7.80. The number of halogens is 1. The SMILES string of the molecule is CCN1CC[C@]2(CCC1=O)CN(CCCOc1ccc(F)cc1)CCN2C. The van der Waals surface area contributed by atoms with Crippen molar-refractivity contribution in [2.75, 3.05) is 52.9 Å². The van der Waals surface area contributed by atoms with Crippen molar-refractivity contribution in [1.29, 1.82) is 0 Å². The van der Waals surface area contributed by atoms with Crippen molar-refractivity contribution in [3.05, 3.63) is 30.1 Å². The smallest absolute Gasteiger partial charge is 0.222 e. The summed E-state index contributed by atoms with van der Waals surface area (Å²) in [5.74, 6) is 0.773. The highest BCUT2D eigenvalue weighted by Gasteiger charge is 2.41. The average Bonchev–Trinajstić information content (AvgIpc) is 2.83. The number of likely N-dealkylation sites (N-methyl/N-ethyl adjacent to an activating group) is 1. The zero-order valence-corrected chi connectivity index (χ0v) is 16.6. The van der Waals surface area contributed by atoms with Gasteiger partial charge in [0.25, 0.3) is 0 Å². The van der Waals surface area contributed by atoms with Crippen LogP contribution in [-0.2, 0) is 4.79 Å².